The Morgan fingerprint density at radius 2 is 1.48 bits per heavy atom. The van der Waals surface area contributed by atoms with E-state index in [1.165, 1.54) is 54.5 Å². The number of fused-ring (bicyclic) bond motifs is 2. The molecule has 240 valence electrons. The standard InChI is InChI=1S/C32H41F6N6/c1-42-41-40-30(39-19-22-14-25(31(33,34)35)18-26(15-22)32(36,37)38)43(42)28-12-7-13-44(2,20-21-8-3-4-9-21)29-17-24-11-6-5-10-23(24)16-27(28)29/h14-18,21,28,41H,3-13,19-20H2,1-2H3,(H,39,40)/q+1/t28?,44-/m0/s1. The predicted molar refractivity (Wildman–Crippen MR) is 158 cm³/mol. The van der Waals surface area contributed by atoms with Crippen LogP contribution in [0.5, 0.6) is 0 Å². The van der Waals surface area contributed by atoms with E-state index in [4.69, 9.17) is 0 Å². The maximum atomic E-state index is 13.5. The molecule has 2 aromatic rings. The molecular weight excluding hydrogens is 582 g/mol. The van der Waals surface area contributed by atoms with E-state index in [9.17, 15) is 26.3 Å². The van der Waals surface area contributed by atoms with Crippen molar-refractivity contribution in [2.24, 2.45) is 10.9 Å². The predicted octanol–water partition coefficient (Wildman–Crippen LogP) is 7.29. The minimum atomic E-state index is -4.91. The molecule has 1 unspecified atom stereocenters. The second kappa shape index (κ2) is 11.8. The Morgan fingerprint density at radius 3 is 2.11 bits per heavy atom. The first-order chi connectivity index (χ1) is 20.8. The number of guanidine groups is 1. The number of rotatable bonds is 5. The Balaban J connectivity index is 1.37. The maximum absolute atomic E-state index is 13.5. The van der Waals surface area contributed by atoms with Gasteiger partial charge in [-0.15, -0.1) is 10.7 Å². The molecule has 2 aliphatic carbocycles. The number of hydrogen-bond acceptors (Lipinski definition) is 3. The number of nitrogens with one attached hydrogen (secondary N) is 2. The summed E-state index contributed by atoms with van der Waals surface area (Å²) in [5.41, 5.74) is 8.56. The number of aryl methyl sites for hydroxylation is 2. The molecular formula is C32H41F6N6+. The summed E-state index contributed by atoms with van der Waals surface area (Å²) in [5.74, 6) is 1.06. The van der Waals surface area contributed by atoms with Gasteiger partial charge in [0.2, 0.25) is 5.96 Å². The van der Waals surface area contributed by atoms with Gasteiger partial charge in [0.1, 0.15) is 5.69 Å². The Labute approximate surface area is 254 Å². The molecule has 6 nitrogen and oxygen atoms in total. The second-order valence-electron chi connectivity index (χ2n) is 13.2. The summed E-state index contributed by atoms with van der Waals surface area (Å²) in [6, 6.07) is 6.34. The normalized spacial score (nSPS) is 26.0. The minimum absolute atomic E-state index is 0.112. The lowest BCUT2D eigenvalue weighted by molar-refractivity contribution is -0.143. The summed E-state index contributed by atoms with van der Waals surface area (Å²) in [6.45, 7) is 1.76. The fourth-order valence-corrected chi connectivity index (χ4v) is 7.77. The van der Waals surface area contributed by atoms with Crippen LogP contribution in [0.1, 0.15) is 90.8 Å². The van der Waals surface area contributed by atoms with Crippen LogP contribution in [-0.4, -0.2) is 43.3 Å². The summed E-state index contributed by atoms with van der Waals surface area (Å²) in [7, 11) is 4.19. The lowest BCUT2D eigenvalue weighted by Gasteiger charge is -2.38. The summed E-state index contributed by atoms with van der Waals surface area (Å²) in [6.07, 6.45) is 1.54. The molecule has 2 fully saturated rings. The third kappa shape index (κ3) is 6.30. The number of nitrogens with zero attached hydrogens (tertiary/aromatic N) is 4. The highest BCUT2D eigenvalue weighted by Crippen LogP contribution is 2.44. The molecule has 0 aromatic heterocycles. The van der Waals surface area contributed by atoms with Crippen LogP contribution in [0.25, 0.3) is 0 Å². The van der Waals surface area contributed by atoms with E-state index >= 15 is 0 Å². The van der Waals surface area contributed by atoms with Crippen LogP contribution in [-0.2, 0) is 31.7 Å². The van der Waals surface area contributed by atoms with Crippen LogP contribution >= 0.6 is 0 Å². The van der Waals surface area contributed by atoms with Crippen molar-refractivity contribution < 1.29 is 26.3 Å². The van der Waals surface area contributed by atoms with Gasteiger partial charge < -0.3 is 0 Å². The van der Waals surface area contributed by atoms with Crippen molar-refractivity contribution in [3.05, 3.63) is 63.7 Å². The largest absolute Gasteiger partial charge is 0.416 e. The quantitative estimate of drug-likeness (QED) is 0.271. The molecule has 2 aromatic carbocycles. The summed E-state index contributed by atoms with van der Waals surface area (Å²) >= 11 is 0. The number of alkyl halides is 6. The number of aliphatic imine (C=N–C) groups is 1. The zero-order chi connectivity index (χ0) is 31.3. The first-order valence-electron chi connectivity index (χ1n) is 15.7. The van der Waals surface area contributed by atoms with Gasteiger partial charge in [-0.3, -0.25) is 14.9 Å². The van der Waals surface area contributed by atoms with E-state index in [1.54, 1.807) is 5.12 Å². The number of quaternary nitrogens is 1. The van der Waals surface area contributed by atoms with Gasteiger partial charge in [0, 0.05) is 24.6 Å². The summed E-state index contributed by atoms with van der Waals surface area (Å²) in [5, 5.41) is 3.74. The zero-order valence-electron chi connectivity index (χ0n) is 25.3. The van der Waals surface area contributed by atoms with Gasteiger partial charge in [0.25, 0.3) is 0 Å². The van der Waals surface area contributed by atoms with Crippen LogP contribution in [0.4, 0.5) is 32.0 Å². The van der Waals surface area contributed by atoms with Crippen molar-refractivity contribution in [2.75, 3.05) is 27.2 Å². The topological polar surface area (TPSA) is 42.9 Å². The lowest BCUT2D eigenvalue weighted by atomic mass is 9.87. The number of hydrogen-bond donors (Lipinski definition) is 2. The van der Waals surface area contributed by atoms with Gasteiger partial charge in [-0.2, -0.15) is 26.3 Å². The van der Waals surface area contributed by atoms with Gasteiger partial charge in [-0.25, -0.2) is 4.99 Å². The van der Waals surface area contributed by atoms with Gasteiger partial charge in [0.15, 0.2) is 0 Å². The molecule has 6 rings (SSSR count). The van der Waals surface area contributed by atoms with Crippen molar-refractivity contribution in [1.82, 2.24) is 25.6 Å². The Kier molecular flexibility index (Phi) is 8.38. The Bertz CT molecular complexity index is 1370. The Morgan fingerprint density at radius 1 is 0.841 bits per heavy atom. The molecule has 1 saturated carbocycles. The summed E-state index contributed by atoms with van der Waals surface area (Å²) < 4.78 is 81.8. The van der Waals surface area contributed by atoms with Crippen molar-refractivity contribution in [2.45, 2.75) is 89.1 Å². The van der Waals surface area contributed by atoms with Gasteiger partial charge in [0.05, 0.1) is 43.9 Å². The first-order valence-corrected chi connectivity index (χ1v) is 15.7. The van der Waals surface area contributed by atoms with Gasteiger partial charge >= 0.3 is 12.4 Å². The first kappa shape index (κ1) is 31.2. The van der Waals surface area contributed by atoms with Crippen LogP contribution in [0.15, 0.2) is 35.3 Å². The molecule has 0 radical (unpaired) electrons. The van der Waals surface area contributed by atoms with E-state index in [-0.39, 0.29) is 24.2 Å². The molecule has 0 spiro atoms. The molecule has 0 amide bonds. The fraction of sp³-hybridized carbons (Fsp3) is 0.594. The van der Waals surface area contributed by atoms with Crippen LogP contribution < -0.4 is 15.4 Å². The van der Waals surface area contributed by atoms with E-state index in [1.807, 2.05) is 12.1 Å². The smallest absolute Gasteiger partial charge is 0.293 e. The second-order valence-corrected chi connectivity index (χ2v) is 13.2. The van der Waals surface area contributed by atoms with Crippen molar-refractivity contribution >= 4 is 11.6 Å². The highest BCUT2D eigenvalue weighted by atomic mass is 19.4. The highest BCUT2D eigenvalue weighted by Gasteiger charge is 2.42. The third-order valence-electron chi connectivity index (χ3n) is 9.92. The van der Waals surface area contributed by atoms with Crippen LogP contribution in [0.3, 0.4) is 0 Å². The Hall–Kier alpha value is -2.83. The summed E-state index contributed by atoms with van der Waals surface area (Å²) in [4.78, 5) is 4.54. The maximum Gasteiger partial charge on any atom is 0.416 e. The number of benzene rings is 2. The molecule has 2 atom stereocenters. The number of halogens is 6. The SMILES string of the molecule is CN1NNC(=NCc2cc(C(F)(F)F)cc(C(F)(F)F)c2)N1C1CCC[N@@+](C)(CC2CCCC2)c2cc3c(cc21)CCCC3. The third-order valence-corrected chi connectivity index (χ3v) is 9.92. The molecule has 0 bridgehead atoms. The highest BCUT2D eigenvalue weighted by molar-refractivity contribution is 5.81. The monoisotopic (exact) mass is 623 g/mol. The van der Waals surface area contributed by atoms with Crippen molar-refractivity contribution in [1.29, 1.82) is 0 Å². The molecule has 4 aliphatic rings. The van der Waals surface area contributed by atoms with E-state index in [0.29, 0.717) is 11.9 Å². The van der Waals surface area contributed by atoms with Crippen molar-refractivity contribution in [3.63, 3.8) is 0 Å². The molecule has 12 heteroatoms. The molecule has 1 saturated heterocycles. The fourth-order valence-electron chi connectivity index (χ4n) is 7.77. The molecule has 44 heavy (non-hydrogen) atoms. The van der Waals surface area contributed by atoms with Gasteiger partial charge in [-0.05, 0) is 92.3 Å². The lowest BCUT2D eigenvalue weighted by Crippen LogP contribution is -2.49. The molecule has 2 N–H and O–H groups in total. The van der Waals surface area contributed by atoms with Crippen LogP contribution in [0.2, 0.25) is 0 Å². The average molecular weight is 624 g/mol. The molecule has 2 aliphatic heterocycles. The average Bonchev–Trinajstić information content (AvgIpc) is 3.58. The zero-order valence-corrected chi connectivity index (χ0v) is 25.3. The van der Waals surface area contributed by atoms with E-state index in [0.717, 1.165) is 61.8 Å². The number of hydrazine groups is 3. The van der Waals surface area contributed by atoms with E-state index in [2.05, 4.69) is 35.1 Å². The minimum Gasteiger partial charge on any atom is -0.293 e. The van der Waals surface area contributed by atoms with Gasteiger partial charge in [-0.1, -0.05) is 12.8 Å². The van der Waals surface area contributed by atoms with Crippen LogP contribution in [0, 0.1) is 5.92 Å². The molecule has 2 heterocycles. The van der Waals surface area contributed by atoms with E-state index < -0.39 is 23.5 Å². The van der Waals surface area contributed by atoms with Crippen molar-refractivity contribution in [3.8, 4) is 0 Å².